The highest BCUT2D eigenvalue weighted by molar-refractivity contribution is 7.18. The number of nitrogens with zero attached hydrogens (tertiary/aromatic N) is 1. The van der Waals surface area contributed by atoms with Crippen LogP contribution in [0.15, 0.2) is 54.6 Å². The molecule has 0 atom stereocenters. The van der Waals surface area contributed by atoms with E-state index in [1.54, 1.807) is 0 Å². The summed E-state index contributed by atoms with van der Waals surface area (Å²) in [5.74, 6) is -0.996. The van der Waals surface area contributed by atoms with Crippen LogP contribution in [0.3, 0.4) is 0 Å². The van der Waals surface area contributed by atoms with E-state index in [1.807, 2.05) is 61.5 Å². The van der Waals surface area contributed by atoms with Gasteiger partial charge in [0.05, 0.1) is 4.88 Å². The fourth-order valence-electron chi connectivity index (χ4n) is 2.07. The van der Waals surface area contributed by atoms with Gasteiger partial charge in [0, 0.05) is 5.56 Å². The number of hydrogen-bond acceptors (Lipinski definition) is 3. The number of aryl methyl sites for hydroxylation is 1. The van der Waals surface area contributed by atoms with E-state index in [2.05, 4.69) is 4.98 Å². The molecule has 2 aromatic carbocycles. The van der Waals surface area contributed by atoms with Crippen molar-refractivity contribution in [2.75, 3.05) is 0 Å². The second kappa shape index (κ2) is 5.50. The van der Waals surface area contributed by atoms with Gasteiger partial charge in [-0.15, -0.1) is 11.3 Å². The Morgan fingerprint density at radius 1 is 1.00 bits per heavy atom. The molecule has 0 aliphatic heterocycles. The molecule has 104 valence electrons. The minimum atomic E-state index is -0.996. The van der Waals surface area contributed by atoms with Crippen molar-refractivity contribution in [1.29, 1.82) is 0 Å². The van der Waals surface area contributed by atoms with Crippen LogP contribution in [0.5, 0.6) is 0 Å². The van der Waals surface area contributed by atoms with E-state index in [4.69, 9.17) is 0 Å². The average Bonchev–Trinajstić information content (AvgIpc) is 2.94. The monoisotopic (exact) mass is 295 g/mol. The van der Waals surface area contributed by atoms with E-state index >= 15 is 0 Å². The van der Waals surface area contributed by atoms with Crippen molar-refractivity contribution in [3.05, 3.63) is 65.9 Å². The number of carbonyl (C=O) groups is 1. The molecule has 1 N–H and O–H groups in total. The van der Waals surface area contributed by atoms with E-state index in [9.17, 15) is 9.90 Å². The minimum absolute atomic E-state index is 0.114. The molecule has 0 amide bonds. The van der Waals surface area contributed by atoms with Crippen LogP contribution in [0.1, 0.15) is 16.1 Å². The maximum absolute atomic E-state index is 11.5. The fraction of sp³-hybridized carbons (Fsp3) is 0.0588. The first kappa shape index (κ1) is 13.5. The quantitative estimate of drug-likeness (QED) is 0.775. The second-order valence-electron chi connectivity index (χ2n) is 4.73. The molecule has 1 aromatic heterocycles. The van der Waals surface area contributed by atoms with E-state index in [0.717, 1.165) is 21.7 Å². The first-order valence-electron chi connectivity index (χ1n) is 6.52. The van der Waals surface area contributed by atoms with Crippen LogP contribution >= 0.6 is 11.3 Å². The first-order valence-corrected chi connectivity index (χ1v) is 7.33. The Morgan fingerprint density at radius 2 is 1.67 bits per heavy atom. The molecule has 0 saturated heterocycles. The van der Waals surface area contributed by atoms with Crippen molar-refractivity contribution < 1.29 is 9.90 Å². The van der Waals surface area contributed by atoms with Crippen molar-refractivity contribution in [1.82, 2.24) is 4.98 Å². The standard InChI is InChI=1S/C17H13NO2S/c1-11-7-9-12(10-8-11)15-14(17(19)20)18-16(21-15)13-5-3-2-4-6-13/h2-10H,1H3,(H,19,20). The van der Waals surface area contributed by atoms with Crippen LogP contribution in [0.2, 0.25) is 0 Å². The van der Waals surface area contributed by atoms with Gasteiger partial charge in [-0.25, -0.2) is 9.78 Å². The highest BCUT2D eigenvalue weighted by Gasteiger charge is 2.19. The second-order valence-corrected chi connectivity index (χ2v) is 5.73. The van der Waals surface area contributed by atoms with Gasteiger partial charge in [0.15, 0.2) is 5.69 Å². The van der Waals surface area contributed by atoms with Gasteiger partial charge >= 0.3 is 5.97 Å². The average molecular weight is 295 g/mol. The Hall–Kier alpha value is -2.46. The van der Waals surface area contributed by atoms with Crippen molar-refractivity contribution in [2.24, 2.45) is 0 Å². The molecular weight excluding hydrogens is 282 g/mol. The zero-order chi connectivity index (χ0) is 14.8. The summed E-state index contributed by atoms with van der Waals surface area (Å²) < 4.78 is 0. The summed E-state index contributed by atoms with van der Waals surface area (Å²) in [7, 11) is 0. The predicted octanol–water partition coefficient (Wildman–Crippen LogP) is 4.48. The van der Waals surface area contributed by atoms with Gasteiger partial charge in [-0.1, -0.05) is 60.2 Å². The summed E-state index contributed by atoms with van der Waals surface area (Å²) in [6, 6.07) is 17.5. The Morgan fingerprint density at radius 3 is 2.29 bits per heavy atom. The summed E-state index contributed by atoms with van der Waals surface area (Å²) in [5.41, 5.74) is 3.08. The van der Waals surface area contributed by atoms with Crippen LogP contribution in [-0.2, 0) is 0 Å². The molecule has 0 radical (unpaired) electrons. The van der Waals surface area contributed by atoms with Gasteiger partial charge in [0.1, 0.15) is 5.01 Å². The van der Waals surface area contributed by atoms with Crippen LogP contribution in [0.25, 0.3) is 21.0 Å². The van der Waals surface area contributed by atoms with Crippen LogP contribution in [0, 0.1) is 6.92 Å². The minimum Gasteiger partial charge on any atom is -0.476 e. The number of carboxylic acids is 1. The third kappa shape index (κ3) is 2.71. The van der Waals surface area contributed by atoms with E-state index in [-0.39, 0.29) is 5.69 Å². The normalized spacial score (nSPS) is 10.5. The lowest BCUT2D eigenvalue weighted by Crippen LogP contribution is -1.98. The SMILES string of the molecule is Cc1ccc(-c2sc(-c3ccccc3)nc2C(=O)O)cc1. The van der Waals surface area contributed by atoms with Gasteiger partial charge in [0.25, 0.3) is 0 Å². The third-order valence-corrected chi connectivity index (χ3v) is 4.32. The number of thiazole rings is 1. The van der Waals surface area contributed by atoms with Gasteiger partial charge in [-0.3, -0.25) is 0 Å². The molecule has 0 bridgehead atoms. The molecule has 0 aliphatic rings. The van der Waals surface area contributed by atoms with Crippen molar-refractivity contribution >= 4 is 17.3 Å². The van der Waals surface area contributed by atoms with Gasteiger partial charge in [-0.05, 0) is 12.5 Å². The van der Waals surface area contributed by atoms with Crippen molar-refractivity contribution in [3.8, 4) is 21.0 Å². The third-order valence-electron chi connectivity index (χ3n) is 3.16. The molecule has 3 rings (SSSR count). The number of hydrogen-bond donors (Lipinski definition) is 1. The Bertz CT molecular complexity index is 776. The molecule has 0 aliphatic carbocycles. The zero-order valence-electron chi connectivity index (χ0n) is 11.4. The maximum atomic E-state index is 11.5. The summed E-state index contributed by atoms with van der Waals surface area (Å²) in [6.07, 6.45) is 0. The Kier molecular flexibility index (Phi) is 3.54. The summed E-state index contributed by atoms with van der Waals surface area (Å²) in [5, 5.41) is 10.1. The summed E-state index contributed by atoms with van der Waals surface area (Å²) >= 11 is 1.41. The number of carboxylic acid groups (broad SMARTS) is 1. The van der Waals surface area contributed by atoms with Crippen molar-refractivity contribution in [3.63, 3.8) is 0 Å². The molecule has 21 heavy (non-hydrogen) atoms. The number of benzene rings is 2. The Balaban J connectivity index is 2.14. The molecular formula is C17H13NO2S. The van der Waals surface area contributed by atoms with Crippen LogP contribution in [0.4, 0.5) is 0 Å². The largest absolute Gasteiger partial charge is 0.476 e. The lowest BCUT2D eigenvalue weighted by molar-refractivity contribution is 0.0692. The number of rotatable bonds is 3. The van der Waals surface area contributed by atoms with Crippen LogP contribution < -0.4 is 0 Å². The summed E-state index contributed by atoms with van der Waals surface area (Å²) in [6.45, 7) is 2.00. The molecule has 0 fully saturated rings. The van der Waals surface area contributed by atoms with Gasteiger partial charge in [-0.2, -0.15) is 0 Å². The molecule has 3 aromatic rings. The van der Waals surface area contributed by atoms with Crippen molar-refractivity contribution in [2.45, 2.75) is 6.92 Å². The van der Waals surface area contributed by atoms with E-state index in [1.165, 1.54) is 11.3 Å². The zero-order valence-corrected chi connectivity index (χ0v) is 12.2. The summed E-state index contributed by atoms with van der Waals surface area (Å²) in [4.78, 5) is 16.4. The molecule has 3 nitrogen and oxygen atoms in total. The van der Waals surface area contributed by atoms with Gasteiger partial charge < -0.3 is 5.11 Å². The molecule has 1 heterocycles. The predicted molar refractivity (Wildman–Crippen MR) is 84.7 cm³/mol. The smallest absolute Gasteiger partial charge is 0.356 e. The van der Waals surface area contributed by atoms with Crippen LogP contribution in [-0.4, -0.2) is 16.1 Å². The highest BCUT2D eigenvalue weighted by atomic mass is 32.1. The molecule has 0 spiro atoms. The fourth-order valence-corrected chi connectivity index (χ4v) is 3.14. The first-order chi connectivity index (χ1) is 10.1. The van der Waals surface area contributed by atoms with E-state index < -0.39 is 5.97 Å². The molecule has 4 heteroatoms. The number of aromatic nitrogens is 1. The van der Waals surface area contributed by atoms with Gasteiger partial charge in [0.2, 0.25) is 0 Å². The molecule has 0 saturated carbocycles. The van der Waals surface area contributed by atoms with E-state index in [0.29, 0.717) is 4.88 Å². The lowest BCUT2D eigenvalue weighted by atomic mass is 10.1. The lowest BCUT2D eigenvalue weighted by Gasteiger charge is -1.99. The molecule has 0 unspecified atom stereocenters. The highest BCUT2D eigenvalue weighted by Crippen LogP contribution is 2.35. The number of aromatic carboxylic acids is 1. The maximum Gasteiger partial charge on any atom is 0.356 e. The topological polar surface area (TPSA) is 50.2 Å². The Labute approximate surface area is 126 Å².